The van der Waals surface area contributed by atoms with Crippen molar-refractivity contribution in [3.05, 3.63) is 35.4 Å². The Bertz CT molecular complexity index is 571. The van der Waals surface area contributed by atoms with Crippen molar-refractivity contribution < 1.29 is 9.84 Å². The van der Waals surface area contributed by atoms with Gasteiger partial charge >= 0.3 is 0 Å². The van der Waals surface area contributed by atoms with Crippen molar-refractivity contribution >= 4 is 29.9 Å². The van der Waals surface area contributed by atoms with Gasteiger partial charge in [-0.2, -0.15) is 0 Å². The first kappa shape index (κ1) is 20.5. The molecule has 1 aromatic rings. The Balaban J connectivity index is 0.00000225. The van der Waals surface area contributed by atoms with Crippen LogP contribution in [0.4, 0.5) is 0 Å². The summed E-state index contributed by atoms with van der Waals surface area (Å²) in [5.74, 6) is 0.910. The first-order valence-electron chi connectivity index (χ1n) is 8.97. The van der Waals surface area contributed by atoms with Gasteiger partial charge in [0.1, 0.15) is 0 Å². The summed E-state index contributed by atoms with van der Waals surface area (Å²) in [6.45, 7) is 9.10. The van der Waals surface area contributed by atoms with Crippen molar-refractivity contribution in [3.8, 4) is 0 Å². The van der Waals surface area contributed by atoms with Gasteiger partial charge in [-0.3, -0.25) is 4.99 Å². The number of nitrogens with zero attached hydrogens (tertiary/aromatic N) is 2. The summed E-state index contributed by atoms with van der Waals surface area (Å²) < 4.78 is 5.61. The second-order valence-electron chi connectivity index (χ2n) is 7.10. The molecular formula is C19H30IN3O2. The summed E-state index contributed by atoms with van der Waals surface area (Å²) in [5, 5.41) is 13.8. The molecule has 1 aromatic carbocycles. The number of halogens is 1. The first-order chi connectivity index (χ1) is 11.6. The van der Waals surface area contributed by atoms with E-state index in [1.165, 1.54) is 5.56 Å². The topological polar surface area (TPSA) is 57.1 Å². The largest absolute Gasteiger partial charge is 0.386 e. The minimum atomic E-state index is -0.564. The molecule has 0 radical (unpaired) electrons. The zero-order valence-electron chi connectivity index (χ0n) is 15.2. The van der Waals surface area contributed by atoms with Crippen LogP contribution in [0.25, 0.3) is 0 Å². The predicted octanol–water partition coefficient (Wildman–Crippen LogP) is 2.72. The fourth-order valence-electron chi connectivity index (χ4n) is 3.58. The van der Waals surface area contributed by atoms with Crippen LogP contribution in [0, 0.1) is 12.3 Å². The maximum Gasteiger partial charge on any atom is 0.194 e. The van der Waals surface area contributed by atoms with E-state index in [2.05, 4.69) is 22.1 Å². The van der Waals surface area contributed by atoms with E-state index in [1.807, 2.05) is 31.2 Å². The molecule has 5 nitrogen and oxygen atoms in total. The average Bonchev–Trinajstić information content (AvgIpc) is 3.22. The van der Waals surface area contributed by atoms with Crippen LogP contribution in [0.5, 0.6) is 0 Å². The lowest BCUT2D eigenvalue weighted by Gasteiger charge is -2.25. The van der Waals surface area contributed by atoms with Crippen LogP contribution >= 0.6 is 24.0 Å². The van der Waals surface area contributed by atoms with E-state index in [0.29, 0.717) is 12.0 Å². The molecule has 2 saturated heterocycles. The second kappa shape index (κ2) is 9.19. The Morgan fingerprint density at radius 3 is 2.76 bits per heavy atom. The minimum Gasteiger partial charge on any atom is -0.386 e. The highest BCUT2D eigenvalue weighted by Gasteiger charge is 2.42. The fraction of sp³-hybridized carbons (Fsp3) is 0.632. The number of aliphatic hydroxyl groups is 1. The van der Waals surface area contributed by atoms with Crippen molar-refractivity contribution in [2.75, 3.05) is 39.4 Å². The molecule has 2 atom stereocenters. The van der Waals surface area contributed by atoms with Crippen LogP contribution in [-0.4, -0.2) is 55.4 Å². The summed E-state index contributed by atoms with van der Waals surface area (Å²) in [6, 6.07) is 8.00. The number of nitrogens with one attached hydrogen (secondary N) is 1. The van der Waals surface area contributed by atoms with Crippen molar-refractivity contribution in [1.29, 1.82) is 0 Å². The molecule has 2 aliphatic rings. The average molecular weight is 459 g/mol. The van der Waals surface area contributed by atoms with Gasteiger partial charge in [-0.15, -0.1) is 24.0 Å². The second-order valence-corrected chi connectivity index (χ2v) is 7.10. The molecule has 0 bridgehead atoms. The summed E-state index contributed by atoms with van der Waals surface area (Å²) in [6.07, 6.45) is 1.75. The number of hydrogen-bond donors (Lipinski definition) is 2. The highest BCUT2D eigenvalue weighted by Crippen LogP contribution is 2.38. The highest BCUT2D eigenvalue weighted by atomic mass is 127. The summed E-state index contributed by atoms with van der Waals surface area (Å²) in [4.78, 5) is 7.01. The van der Waals surface area contributed by atoms with Crippen molar-refractivity contribution in [2.24, 2.45) is 10.4 Å². The number of aliphatic hydroxyl groups excluding tert-OH is 1. The van der Waals surface area contributed by atoms with Gasteiger partial charge in [0.05, 0.1) is 19.3 Å². The third-order valence-corrected chi connectivity index (χ3v) is 5.13. The molecule has 2 fully saturated rings. The molecule has 25 heavy (non-hydrogen) atoms. The number of aliphatic imine (C=N–C) groups is 1. The van der Waals surface area contributed by atoms with E-state index in [-0.39, 0.29) is 24.0 Å². The van der Waals surface area contributed by atoms with Crippen molar-refractivity contribution in [1.82, 2.24) is 10.2 Å². The number of aryl methyl sites for hydroxylation is 1. The molecule has 2 aliphatic heterocycles. The van der Waals surface area contributed by atoms with Crippen LogP contribution in [-0.2, 0) is 4.74 Å². The predicted molar refractivity (Wildman–Crippen MR) is 112 cm³/mol. The first-order valence-corrected chi connectivity index (χ1v) is 8.97. The van der Waals surface area contributed by atoms with Crippen LogP contribution in [0.2, 0.25) is 0 Å². The van der Waals surface area contributed by atoms with Crippen molar-refractivity contribution in [3.63, 3.8) is 0 Å². The minimum absolute atomic E-state index is 0. The summed E-state index contributed by atoms with van der Waals surface area (Å²) in [7, 11) is 0. The number of benzene rings is 1. The smallest absolute Gasteiger partial charge is 0.194 e. The Hall–Kier alpha value is -0.860. The molecule has 6 heteroatoms. The summed E-state index contributed by atoms with van der Waals surface area (Å²) >= 11 is 0. The van der Waals surface area contributed by atoms with Crippen molar-refractivity contribution in [2.45, 2.75) is 32.8 Å². The van der Waals surface area contributed by atoms with E-state index in [0.717, 1.165) is 57.2 Å². The van der Waals surface area contributed by atoms with Crippen LogP contribution in [0.3, 0.4) is 0 Å². The lowest BCUT2D eigenvalue weighted by molar-refractivity contribution is 0.156. The monoisotopic (exact) mass is 459 g/mol. The van der Waals surface area contributed by atoms with Crippen LogP contribution in [0.15, 0.2) is 29.3 Å². The van der Waals surface area contributed by atoms with Gasteiger partial charge in [0, 0.05) is 31.7 Å². The number of ether oxygens (including phenoxy) is 1. The molecule has 2 heterocycles. The maximum absolute atomic E-state index is 10.4. The fourth-order valence-corrected chi connectivity index (χ4v) is 3.58. The number of likely N-dealkylation sites (tertiary alicyclic amines) is 1. The molecule has 140 valence electrons. The molecular weight excluding hydrogens is 429 g/mol. The molecule has 2 N–H and O–H groups in total. The normalized spacial score (nSPS) is 24.4. The SMILES string of the molecule is CCNC(=NCC(O)c1ccc(C)cc1)N1CCC2(CCOC2)C1.I. The summed E-state index contributed by atoms with van der Waals surface area (Å²) in [5.41, 5.74) is 2.43. The molecule has 1 spiro atoms. The zero-order chi connectivity index (χ0) is 17.0. The number of rotatable bonds is 4. The zero-order valence-corrected chi connectivity index (χ0v) is 17.5. The molecule has 3 rings (SSSR count). The van der Waals surface area contributed by atoms with Crippen LogP contribution < -0.4 is 5.32 Å². The van der Waals surface area contributed by atoms with E-state index >= 15 is 0 Å². The lowest BCUT2D eigenvalue weighted by Crippen LogP contribution is -2.41. The number of guanidine groups is 1. The van der Waals surface area contributed by atoms with Gasteiger partial charge in [-0.25, -0.2) is 0 Å². The van der Waals surface area contributed by atoms with Gasteiger partial charge in [0.2, 0.25) is 0 Å². The van der Waals surface area contributed by atoms with Gasteiger partial charge in [0.25, 0.3) is 0 Å². The standard InChI is InChI=1S/C19H29N3O2.HI/c1-3-20-18(22-10-8-19(13-22)9-11-24-14-19)21-12-17(23)16-6-4-15(2)5-7-16;/h4-7,17,23H,3,8-14H2,1-2H3,(H,20,21);1H. The van der Waals surface area contributed by atoms with Crippen LogP contribution in [0.1, 0.15) is 37.0 Å². The van der Waals surface area contributed by atoms with Gasteiger partial charge < -0.3 is 20.1 Å². The van der Waals surface area contributed by atoms with Gasteiger partial charge in [0.15, 0.2) is 5.96 Å². The van der Waals surface area contributed by atoms with E-state index in [4.69, 9.17) is 4.74 Å². The van der Waals surface area contributed by atoms with E-state index in [9.17, 15) is 5.11 Å². The third-order valence-electron chi connectivity index (χ3n) is 5.13. The Morgan fingerprint density at radius 1 is 1.36 bits per heavy atom. The highest BCUT2D eigenvalue weighted by molar-refractivity contribution is 14.0. The Morgan fingerprint density at radius 2 is 2.12 bits per heavy atom. The van der Waals surface area contributed by atoms with E-state index in [1.54, 1.807) is 0 Å². The maximum atomic E-state index is 10.4. The van der Waals surface area contributed by atoms with E-state index < -0.39 is 6.10 Å². The quantitative estimate of drug-likeness (QED) is 0.413. The van der Waals surface area contributed by atoms with Gasteiger partial charge in [-0.1, -0.05) is 29.8 Å². The third kappa shape index (κ3) is 5.08. The number of hydrogen-bond acceptors (Lipinski definition) is 3. The molecule has 0 aromatic heterocycles. The molecule has 0 amide bonds. The Labute approximate surface area is 167 Å². The van der Waals surface area contributed by atoms with Gasteiger partial charge in [-0.05, 0) is 32.3 Å². The lowest BCUT2D eigenvalue weighted by atomic mass is 9.87. The molecule has 0 aliphatic carbocycles. The molecule has 2 unspecified atom stereocenters. The molecule has 0 saturated carbocycles. The Kier molecular flexibility index (Phi) is 7.51.